The number of hydrogen-bond donors (Lipinski definition) is 4. The number of H-pyrrole nitrogens is 3. The van der Waals surface area contributed by atoms with E-state index in [0.29, 0.717) is 59.5 Å². The van der Waals surface area contributed by atoms with Crippen LogP contribution in [0.15, 0.2) is 198 Å². The molecule has 0 spiro atoms. The number of hydrogen-bond acceptors (Lipinski definition) is 19. The van der Waals surface area contributed by atoms with Crippen molar-refractivity contribution in [3.63, 3.8) is 0 Å². The number of halogens is 1. The Labute approximate surface area is 657 Å². The summed E-state index contributed by atoms with van der Waals surface area (Å²) < 4.78 is 100. The van der Waals surface area contributed by atoms with Crippen molar-refractivity contribution in [2.75, 3.05) is 78.9 Å². The second-order valence-electron chi connectivity index (χ2n) is 27.8. The lowest BCUT2D eigenvalue weighted by molar-refractivity contribution is -0.120. The zero-order valence-corrected chi connectivity index (χ0v) is 62.6. The number of Topliss-reactive ketones (excluding diaryl/α,β-unsaturated/α-hetero) is 1. The van der Waals surface area contributed by atoms with E-state index >= 15 is 0 Å². The molecular weight excluding hydrogens is 1490 g/mol. The molecule has 3 aromatic carbocycles. The van der Waals surface area contributed by atoms with Gasteiger partial charge in [-0.15, -0.1) is 12.4 Å². The number of benzene rings is 3. The van der Waals surface area contributed by atoms with Crippen molar-refractivity contribution in [2.24, 2.45) is 0 Å². The second-order valence-corrected chi connectivity index (χ2v) is 33.3. The molecule has 18 rings (SSSR count). The van der Waals surface area contributed by atoms with Gasteiger partial charge in [0.15, 0.2) is 16.9 Å². The fourth-order valence-corrected chi connectivity index (χ4v) is 19.8. The number of morpholine rings is 3. The van der Waals surface area contributed by atoms with Gasteiger partial charge < -0.3 is 19.5 Å². The van der Waals surface area contributed by atoms with E-state index in [-0.39, 0.29) is 62.7 Å². The van der Waals surface area contributed by atoms with Gasteiger partial charge in [0.2, 0.25) is 0 Å². The molecule has 29 heteroatoms. The maximum absolute atomic E-state index is 13.5. The molecule has 9 aromatic heterocycles. The Morgan fingerprint density at radius 3 is 0.946 bits per heavy atom. The van der Waals surface area contributed by atoms with E-state index in [1.54, 1.807) is 141 Å². The molecule has 25 nitrogen and oxygen atoms in total. The van der Waals surface area contributed by atoms with Crippen LogP contribution in [0.3, 0.4) is 0 Å². The summed E-state index contributed by atoms with van der Waals surface area (Å²) in [6.07, 6.45) is 32.7. The Morgan fingerprint density at radius 2 is 0.676 bits per heavy atom. The van der Waals surface area contributed by atoms with E-state index in [4.69, 9.17) is 24.2 Å². The topological polar surface area (TPSA) is 305 Å². The summed E-state index contributed by atoms with van der Waals surface area (Å²) in [6.45, 7) is 11.3. The molecule has 3 aliphatic carbocycles. The molecule has 111 heavy (non-hydrogen) atoms. The standard InChI is InChI=1S/2C26H29N5O3S.C22H20N4O3S.C4H9NO.4CH4.ClH/c2*32-35(33,23-4-2-1-3-5-23)31-18-25(21-16-28-29-17-21)24-14-20(15-27-26(24)31)19-6-8-22(9-7-19)30-10-12-34-13-11-30;27-18-8-6-15(7-9-18)16-10-20-21(17-12-24-25-13-17)14-26(22(20)23-11-16)30(28,29)19-4-2-1-3-5-19;1-3-6-4-2-5-1;;;;;/h2*1-5,14-19,22H,6-13H2,(H,28,29);1-5,10-15H,6-9H2,(H,24,25);5H,1-4H2;4*1H4;1H. The van der Waals surface area contributed by atoms with Crippen LogP contribution in [0.4, 0.5) is 0 Å². The first-order chi connectivity index (χ1) is 51.8. The Balaban J connectivity index is 0.000000167. The van der Waals surface area contributed by atoms with E-state index in [9.17, 15) is 30.0 Å². The number of pyridine rings is 3. The smallest absolute Gasteiger partial charge is 0.269 e. The number of carbonyl (C=O) groups is 1. The van der Waals surface area contributed by atoms with Crippen molar-refractivity contribution in [1.82, 2.24) is 72.6 Å². The number of aromatic nitrogens is 12. The maximum Gasteiger partial charge on any atom is 0.269 e. The largest absolute Gasteiger partial charge is 0.379 e. The van der Waals surface area contributed by atoms with E-state index < -0.39 is 30.1 Å². The Morgan fingerprint density at radius 1 is 0.378 bits per heavy atom. The fourth-order valence-electron chi connectivity index (χ4n) is 15.7. The quantitative estimate of drug-likeness (QED) is 0.0786. The van der Waals surface area contributed by atoms with E-state index in [1.165, 1.54) is 48.7 Å². The van der Waals surface area contributed by atoms with Crippen LogP contribution in [0.25, 0.3) is 66.5 Å². The zero-order valence-electron chi connectivity index (χ0n) is 59.3. The first-order valence-electron chi connectivity index (χ1n) is 36.6. The van der Waals surface area contributed by atoms with Crippen LogP contribution in [0.1, 0.15) is 141 Å². The highest BCUT2D eigenvalue weighted by atomic mass is 35.5. The third-order valence-corrected chi connectivity index (χ3v) is 26.5. The molecule has 3 saturated carbocycles. The van der Waals surface area contributed by atoms with Gasteiger partial charge in [0, 0.05) is 170 Å². The molecule has 0 bridgehead atoms. The highest BCUT2D eigenvalue weighted by Crippen LogP contribution is 2.42. The monoisotopic (exact) mass is 1590 g/mol. The summed E-state index contributed by atoms with van der Waals surface area (Å²) in [5.74, 6) is 1.41. The lowest BCUT2D eigenvalue weighted by Gasteiger charge is -2.38. The minimum Gasteiger partial charge on any atom is -0.379 e. The van der Waals surface area contributed by atoms with Crippen molar-refractivity contribution >= 4 is 81.4 Å². The summed E-state index contributed by atoms with van der Waals surface area (Å²) in [5.41, 5.74) is 9.49. The molecule has 12 heterocycles. The number of rotatable bonds is 14. The molecule has 0 radical (unpaired) electrons. The van der Waals surface area contributed by atoms with Crippen LogP contribution >= 0.6 is 12.4 Å². The van der Waals surface area contributed by atoms with Crippen LogP contribution in [-0.4, -0.2) is 189 Å². The second kappa shape index (κ2) is 38.0. The van der Waals surface area contributed by atoms with Crippen molar-refractivity contribution in [3.05, 3.63) is 200 Å². The van der Waals surface area contributed by atoms with Crippen LogP contribution in [0.5, 0.6) is 0 Å². The first kappa shape index (κ1) is 84.4. The minimum absolute atomic E-state index is 0. The van der Waals surface area contributed by atoms with Crippen molar-refractivity contribution < 1.29 is 44.3 Å². The third kappa shape index (κ3) is 18.5. The van der Waals surface area contributed by atoms with Crippen LogP contribution < -0.4 is 5.32 Å². The molecule has 0 atom stereocenters. The summed E-state index contributed by atoms with van der Waals surface area (Å²) in [7, 11) is -11.4. The predicted octanol–water partition coefficient (Wildman–Crippen LogP) is 14.5. The summed E-state index contributed by atoms with van der Waals surface area (Å²) in [4.78, 5) is 31.4. The van der Waals surface area contributed by atoms with Gasteiger partial charge in [-0.1, -0.05) is 84.3 Å². The number of ketones is 1. The zero-order chi connectivity index (χ0) is 72.6. The lowest BCUT2D eigenvalue weighted by atomic mass is 9.81. The molecule has 0 unspecified atom stereocenters. The predicted molar refractivity (Wildman–Crippen MR) is 438 cm³/mol. The molecule has 6 aliphatic rings. The molecular formula is C82H104ClN15O10S3. The molecule has 592 valence electrons. The van der Waals surface area contributed by atoms with Gasteiger partial charge in [-0.2, -0.15) is 15.3 Å². The number of nitrogens with one attached hydrogen (secondary N) is 4. The Hall–Kier alpha value is -9.07. The number of nitrogens with zero attached hydrogens (tertiary/aromatic N) is 11. The Bertz CT molecular complexity index is 5050. The van der Waals surface area contributed by atoms with Crippen LogP contribution in [-0.2, 0) is 49.1 Å². The molecule has 6 fully saturated rings. The first-order valence-corrected chi connectivity index (χ1v) is 40.9. The average Bonchev–Trinajstić information content (AvgIpc) is 1.61. The number of ether oxygens (including phenoxy) is 3. The van der Waals surface area contributed by atoms with Gasteiger partial charge >= 0.3 is 0 Å². The lowest BCUT2D eigenvalue weighted by Crippen LogP contribution is -2.44. The molecule has 4 N–H and O–H groups in total. The third-order valence-electron chi connectivity index (χ3n) is 21.5. The van der Waals surface area contributed by atoms with Gasteiger partial charge in [0.05, 0.1) is 72.9 Å². The highest BCUT2D eigenvalue weighted by molar-refractivity contribution is 7.90. The van der Waals surface area contributed by atoms with Crippen molar-refractivity contribution in [1.29, 1.82) is 0 Å². The molecule has 0 amide bonds. The summed E-state index contributed by atoms with van der Waals surface area (Å²) in [6, 6.07) is 32.9. The minimum atomic E-state index is -3.80. The summed E-state index contributed by atoms with van der Waals surface area (Å²) in [5, 5.41) is 26.2. The van der Waals surface area contributed by atoms with Crippen LogP contribution in [0.2, 0.25) is 0 Å². The fraction of sp³-hybridized carbons (Fsp3) is 0.402. The van der Waals surface area contributed by atoms with Crippen molar-refractivity contribution in [3.8, 4) is 33.4 Å². The van der Waals surface area contributed by atoms with Crippen molar-refractivity contribution in [2.45, 2.75) is 151 Å². The number of carbonyl (C=O) groups excluding carboxylic acids is 1. The number of fused-ring (bicyclic) bond motifs is 3. The molecule has 3 aliphatic heterocycles. The average molecular weight is 1590 g/mol. The summed E-state index contributed by atoms with van der Waals surface area (Å²) >= 11 is 0. The van der Waals surface area contributed by atoms with Gasteiger partial charge in [-0.3, -0.25) is 29.9 Å². The molecule has 3 saturated heterocycles. The highest BCUT2D eigenvalue weighted by Gasteiger charge is 2.33. The number of aromatic amines is 3. The van der Waals surface area contributed by atoms with E-state index in [0.717, 1.165) is 173 Å². The van der Waals surface area contributed by atoms with Gasteiger partial charge in [0.1, 0.15) is 5.78 Å². The van der Waals surface area contributed by atoms with E-state index in [1.807, 2.05) is 30.6 Å². The maximum atomic E-state index is 13.5. The van der Waals surface area contributed by atoms with Gasteiger partial charge in [-0.05, 0) is 153 Å². The normalized spacial score (nSPS) is 19.4. The SMILES string of the molecule is C.C.C.C.C1COCCN1.Cl.O=C1CCC(c2cnc3c(c2)c(-c2cn[nH]c2)cn3S(=O)(=O)c2ccccc2)CC1.O=S(=O)(c1ccccc1)n1cc(-c2cn[nH]c2)c2cc(C3CCC(N4CCOCC4)CC3)cnc21.O=S(=O)(c1ccccc1)n1cc(-c2cn[nH]c2)c2cc(C3CCC(N4CCOCC4)CC3)cnc21. The van der Waals surface area contributed by atoms with Gasteiger partial charge in [0.25, 0.3) is 30.1 Å². The Kier molecular flexibility index (Phi) is 28.9. The van der Waals surface area contributed by atoms with Gasteiger partial charge in [-0.25, -0.2) is 52.1 Å². The molecule has 12 aromatic rings. The van der Waals surface area contributed by atoms with Crippen LogP contribution in [0, 0.1) is 0 Å². The van der Waals surface area contributed by atoms with E-state index in [2.05, 4.69) is 62.8 Å².